The van der Waals surface area contributed by atoms with Gasteiger partial charge in [0.25, 0.3) is 0 Å². The molecule has 4 heteroatoms. The molecule has 0 amide bonds. The van der Waals surface area contributed by atoms with Crippen molar-refractivity contribution in [2.75, 3.05) is 6.54 Å². The number of aromatic nitrogens is 2. The Labute approximate surface area is 132 Å². The van der Waals surface area contributed by atoms with Crippen LogP contribution in [0.15, 0.2) is 41.6 Å². The highest BCUT2D eigenvalue weighted by Gasteiger charge is 2.04. The summed E-state index contributed by atoms with van der Waals surface area (Å²) in [5, 5.41) is 7.83. The van der Waals surface area contributed by atoms with E-state index in [0.29, 0.717) is 6.04 Å². The average molecular weight is 303 g/mol. The predicted molar refractivity (Wildman–Crippen MR) is 90.6 cm³/mol. The lowest BCUT2D eigenvalue weighted by molar-refractivity contribution is 0.570. The average Bonchev–Trinajstić information content (AvgIpc) is 2.99. The van der Waals surface area contributed by atoms with Gasteiger partial charge >= 0.3 is 0 Å². The standard InChI is InChI=1S/C17H25N3S/c1-4-10-18-14(3)16-6-8-17(9-7-16)21-13-15-11-19-20(5-2)12-15/h6-9,11-12,14,18H,4-5,10,13H2,1-3H3. The van der Waals surface area contributed by atoms with E-state index in [-0.39, 0.29) is 0 Å². The molecule has 1 heterocycles. The van der Waals surface area contributed by atoms with Gasteiger partial charge in [0.2, 0.25) is 0 Å². The van der Waals surface area contributed by atoms with Crippen LogP contribution in [-0.4, -0.2) is 16.3 Å². The van der Waals surface area contributed by atoms with Gasteiger partial charge in [-0.3, -0.25) is 4.68 Å². The van der Waals surface area contributed by atoms with Crippen molar-refractivity contribution < 1.29 is 0 Å². The van der Waals surface area contributed by atoms with Gasteiger partial charge in [-0.15, -0.1) is 11.8 Å². The first-order valence-electron chi connectivity index (χ1n) is 7.70. The zero-order valence-electron chi connectivity index (χ0n) is 13.2. The van der Waals surface area contributed by atoms with E-state index in [1.807, 2.05) is 22.6 Å². The molecule has 1 aromatic carbocycles. The summed E-state index contributed by atoms with van der Waals surface area (Å²) in [7, 11) is 0. The molecule has 21 heavy (non-hydrogen) atoms. The Morgan fingerprint density at radius 3 is 2.62 bits per heavy atom. The van der Waals surface area contributed by atoms with Crippen LogP contribution in [0.1, 0.15) is 44.4 Å². The van der Waals surface area contributed by atoms with Gasteiger partial charge in [0.1, 0.15) is 0 Å². The lowest BCUT2D eigenvalue weighted by atomic mass is 10.1. The minimum absolute atomic E-state index is 0.423. The molecule has 3 nitrogen and oxygen atoms in total. The molecule has 1 unspecified atom stereocenters. The molecule has 2 aromatic rings. The van der Waals surface area contributed by atoms with Crippen LogP contribution in [0.25, 0.3) is 0 Å². The Hall–Kier alpha value is -1.26. The monoisotopic (exact) mass is 303 g/mol. The largest absolute Gasteiger partial charge is 0.310 e. The van der Waals surface area contributed by atoms with Gasteiger partial charge in [0, 0.05) is 35.0 Å². The first-order valence-corrected chi connectivity index (χ1v) is 8.69. The van der Waals surface area contributed by atoms with Crippen LogP contribution in [0.2, 0.25) is 0 Å². The number of aryl methyl sites for hydroxylation is 1. The molecule has 0 aliphatic rings. The fourth-order valence-electron chi connectivity index (χ4n) is 2.15. The molecule has 0 aliphatic heterocycles. The number of benzene rings is 1. The van der Waals surface area contributed by atoms with Crippen molar-refractivity contribution in [3.63, 3.8) is 0 Å². The van der Waals surface area contributed by atoms with Crippen LogP contribution in [0.3, 0.4) is 0 Å². The zero-order chi connectivity index (χ0) is 15.1. The van der Waals surface area contributed by atoms with Gasteiger partial charge in [-0.25, -0.2) is 0 Å². The van der Waals surface area contributed by atoms with Crippen molar-refractivity contribution in [2.45, 2.75) is 50.4 Å². The van der Waals surface area contributed by atoms with E-state index in [4.69, 9.17) is 0 Å². The molecular formula is C17H25N3S. The SMILES string of the molecule is CCCNC(C)c1ccc(SCc2cnn(CC)c2)cc1. The molecule has 0 radical (unpaired) electrons. The summed E-state index contributed by atoms with van der Waals surface area (Å²) in [5.74, 6) is 0.975. The maximum Gasteiger partial charge on any atom is 0.0530 e. The first-order chi connectivity index (χ1) is 10.2. The fraction of sp³-hybridized carbons (Fsp3) is 0.471. The van der Waals surface area contributed by atoms with Crippen molar-refractivity contribution in [3.05, 3.63) is 47.8 Å². The molecule has 0 spiro atoms. The van der Waals surface area contributed by atoms with Crippen molar-refractivity contribution in [2.24, 2.45) is 0 Å². The Balaban J connectivity index is 1.87. The van der Waals surface area contributed by atoms with Gasteiger partial charge in [-0.2, -0.15) is 5.10 Å². The molecular weight excluding hydrogens is 278 g/mol. The van der Waals surface area contributed by atoms with Crippen molar-refractivity contribution in [1.82, 2.24) is 15.1 Å². The zero-order valence-corrected chi connectivity index (χ0v) is 14.0. The number of nitrogens with zero attached hydrogens (tertiary/aromatic N) is 2. The topological polar surface area (TPSA) is 29.9 Å². The number of rotatable bonds is 8. The molecule has 1 aromatic heterocycles. The van der Waals surface area contributed by atoms with Crippen molar-refractivity contribution in [3.8, 4) is 0 Å². The second kappa shape index (κ2) is 8.25. The molecule has 1 atom stereocenters. The summed E-state index contributed by atoms with van der Waals surface area (Å²) in [6, 6.07) is 9.31. The summed E-state index contributed by atoms with van der Waals surface area (Å²) in [5.41, 5.74) is 2.63. The summed E-state index contributed by atoms with van der Waals surface area (Å²) in [6.45, 7) is 8.52. The lowest BCUT2D eigenvalue weighted by Crippen LogP contribution is -2.19. The van der Waals surface area contributed by atoms with Gasteiger partial charge in [0.05, 0.1) is 6.20 Å². The predicted octanol–water partition coefficient (Wildman–Crippen LogP) is 4.26. The minimum Gasteiger partial charge on any atom is -0.310 e. The lowest BCUT2D eigenvalue weighted by Gasteiger charge is -2.13. The van der Waals surface area contributed by atoms with E-state index < -0.39 is 0 Å². The minimum atomic E-state index is 0.423. The maximum atomic E-state index is 4.31. The van der Waals surface area contributed by atoms with E-state index in [1.165, 1.54) is 22.4 Å². The van der Waals surface area contributed by atoms with Crippen molar-refractivity contribution >= 4 is 11.8 Å². The molecule has 114 valence electrons. The van der Waals surface area contributed by atoms with Crippen LogP contribution in [0, 0.1) is 0 Å². The molecule has 1 N–H and O–H groups in total. The van der Waals surface area contributed by atoms with Crippen LogP contribution >= 0.6 is 11.8 Å². The molecule has 0 bridgehead atoms. The first kappa shape index (κ1) is 16.1. The quantitative estimate of drug-likeness (QED) is 0.739. The summed E-state index contributed by atoms with van der Waals surface area (Å²) in [6.07, 6.45) is 5.25. The van der Waals surface area contributed by atoms with Crippen LogP contribution in [-0.2, 0) is 12.3 Å². The smallest absolute Gasteiger partial charge is 0.0530 e. The van der Waals surface area contributed by atoms with Crippen molar-refractivity contribution in [1.29, 1.82) is 0 Å². The molecule has 0 aliphatic carbocycles. The van der Waals surface area contributed by atoms with Gasteiger partial charge in [0.15, 0.2) is 0 Å². The summed E-state index contributed by atoms with van der Waals surface area (Å²) in [4.78, 5) is 1.31. The summed E-state index contributed by atoms with van der Waals surface area (Å²) < 4.78 is 1.97. The number of hydrogen-bond donors (Lipinski definition) is 1. The van der Waals surface area contributed by atoms with Gasteiger partial charge < -0.3 is 5.32 Å². The molecule has 0 saturated carbocycles. The second-order valence-corrected chi connectivity index (χ2v) is 6.29. The third-order valence-corrected chi connectivity index (χ3v) is 4.58. The van der Waals surface area contributed by atoms with Crippen LogP contribution in [0.4, 0.5) is 0 Å². The Morgan fingerprint density at radius 2 is 2.00 bits per heavy atom. The maximum absolute atomic E-state index is 4.31. The van der Waals surface area contributed by atoms with E-state index >= 15 is 0 Å². The third-order valence-electron chi connectivity index (χ3n) is 3.50. The third kappa shape index (κ3) is 4.90. The normalized spacial score (nSPS) is 12.5. The molecule has 0 saturated heterocycles. The number of nitrogens with one attached hydrogen (secondary N) is 1. The second-order valence-electron chi connectivity index (χ2n) is 5.24. The van der Waals surface area contributed by atoms with E-state index in [9.17, 15) is 0 Å². The highest BCUT2D eigenvalue weighted by molar-refractivity contribution is 7.98. The Kier molecular flexibility index (Phi) is 6.33. The fourth-order valence-corrected chi connectivity index (χ4v) is 2.96. The highest BCUT2D eigenvalue weighted by Crippen LogP contribution is 2.24. The van der Waals surface area contributed by atoms with E-state index in [0.717, 1.165) is 18.8 Å². The molecule has 0 fully saturated rings. The van der Waals surface area contributed by atoms with Crippen LogP contribution < -0.4 is 5.32 Å². The van der Waals surface area contributed by atoms with E-state index in [2.05, 4.69) is 61.6 Å². The highest BCUT2D eigenvalue weighted by atomic mass is 32.2. The van der Waals surface area contributed by atoms with Gasteiger partial charge in [-0.1, -0.05) is 19.1 Å². The Morgan fingerprint density at radius 1 is 1.24 bits per heavy atom. The van der Waals surface area contributed by atoms with E-state index in [1.54, 1.807) is 0 Å². The number of hydrogen-bond acceptors (Lipinski definition) is 3. The Bertz CT molecular complexity index is 533. The van der Waals surface area contributed by atoms with Gasteiger partial charge in [-0.05, 0) is 44.5 Å². The number of thioether (sulfide) groups is 1. The molecule has 2 rings (SSSR count). The summed E-state index contributed by atoms with van der Waals surface area (Å²) >= 11 is 1.86. The van der Waals surface area contributed by atoms with Crippen LogP contribution in [0.5, 0.6) is 0 Å².